The molecule has 7 heteroatoms. The number of carbonyl (C=O) groups excluding carboxylic acids is 3. The van der Waals surface area contributed by atoms with Gasteiger partial charge in [0.05, 0.1) is 11.6 Å². The lowest BCUT2D eigenvalue weighted by atomic mass is 10.1. The van der Waals surface area contributed by atoms with Crippen molar-refractivity contribution < 1.29 is 18.8 Å². The molecule has 2 N–H and O–H groups in total. The van der Waals surface area contributed by atoms with Gasteiger partial charge >= 0.3 is 0 Å². The van der Waals surface area contributed by atoms with E-state index in [2.05, 4.69) is 10.3 Å². The Morgan fingerprint density at radius 1 is 1.18 bits per heavy atom. The first-order valence-electron chi connectivity index (χ1n) is 8.92. The lowest BCUT2D eigenvalue weighted by molar-refractivity contribution is -0.118. The number of nitrogens with zero attached hydrogens (tertiary/aromatic N) is 1. The molecule has 0 saturated carbocycles. The Labute approximate surface area is 160 Å². The van der Waals surface area contributed by atoms with Crippen LogP contribution in [0.4, 0.5) is 10.1 Å². The number of carbonyl (C=O) groups is 3. The minimum absolute atomic E-state index is 0.0579. The van der Waals surface area contributed by atoms with Gasteiger partial charge in [-0.05, 0) is 31.2 Å². The van der Waals surface area contributed by atoms with Crippen molar-refractivity contribution >= 4 is 34.2 Å². The van der Waals surface area contributed by atoms with Crippen molar-refractivity contribution in [1.29, 1.82) is 0 Å². The van der Waals surface area contributed by atoms with Gasteiger partial charge in [0.1, 0.15) is 5.82 Å². The van der Waals surface area contributed by atoms with Gasteiger partial charge in [-0.15, -0.1) is 0 Å². The Kier molecular flexibility index (Phi) is 4.43. The van der Waals surface area contributed by atoms with Gasteiger partial charge in [-0.2, -0.15) is 0 Å². The second kappa shape index (κ2) is 6.92. The van der Waals surface area contributed by atoms with Gasteiger partial charge in [-0.3, -0.25) is 14.4 Å². The summed E-state index contributed by atoms with van der Waals surface area (Å²) in [5, 5.41) is 3.33. The largest absolute Gasteiger partial charge is 0.358 e. The van der Waals surface area contributed by atoms with Crippen LogP contribution in [0.15, 0.2) is 48.5 Å². The molecule has 1 saturated heterocycles. The van der Waals surface area contributed by atoms with Gasteiger partial charge in [0, 0.05) is 35.2 Å². The molecule has 1 fully saturated rings. The van der Waals surface area contributed by atoms with E-state index in [1.807, 2.05) is 12.1 Å². The maximum absolute atomic E-state index is 13.4. The summed E-state index contributed by atoms with van der Waals surface area (Å²) in [5.41, 5.74) is 2.16. The van der Waals surface area contributed by atoms with E-state index in [1.54, 1.807) is 25.1 Å². The van der Waals surface area contributed by atoms with Crippen LogP contribution in [0, 0.1) is 12.7 Å². The number of aromatic amines is 1. The van der Waals surface area contributed by atoms with Crippen molar-refractivity contribution in [2.75, 3.05) is 11.4 Å². The first kappa shape index (κ1) is 17.9. The molecule has 0 bridgehead atoms. The summed E-state index contributed by atoms with van der Waals surface area (Å²) in [5.74, 6) is -2.08. The number of Topliss-reactive ketones (excluding diaryl/α,β-unsaturated/α-hetero) is 1. The topological polar surface area (TPSA) is 82.3 Å². The zero-order valence-electron chi connectivity index (χ0n) is 15.2. The van der Waals surface area contributed by atoms with Crippen molar-refractivity contribution in [3.8, 4) is 0 Å². The van der Waals surface area contributed by atoms with E-state index in [9.17, 15) is 18.8 Å². The van der Waals surface area contributed by atoms with Gasteiger partial charge in [0.2, 0.25) is 5.91 Å². The standard InChI is InChI=1S/C21H18FN3O3/c1-12-19(16-7-2-3-8-17(16)23-12)20(27)21(28)24-14-10-18(26)25(11-14)15-6-4-5-13(22)9-15/h2-9,14,23H,10-11H2,1H3,(H,24,28)/t14-/m1/s1. The number of benzene rings is 2. The summed E-state index contributed by atoms with van der Waals surface area (Å²) in [4.78, 5) is 42.0. The van der Waals surface area contributed by atoms with Crippen LogP contribution in [0.5, 0.6) is 0 Å². The molecule has 2 aromatic carbocycles. The monoisotopic (exact) mass is 379 g/mol. The number of rotatable bonds is 4. The highest BCUT2D eigenvalue weighted by Crippen LogP contribution is 2.24. The molecule has 1 aliphatic heterocycles. The number of hydrogen-bond acceptors (Lipinski definition) is 3. The summed E-state index contributed by atoms with van der Waals surface area (Å²) in [6, 6.07) is 12.5. The molecule has 2 amide bonds. The molecule has 3 aromatic rings. The van der Waals surface area contributed by atoms with Crippen LogP contribution in [0.1, 0.15) is 22.5 Å². The van der Waals surface area contributed by atoms with Crippen LogP contribution >= 0.6 is 0 Å². The number of para-hydroxylation sites is 1. The van der Waals surface area contributed by atoms with E-state index in [0.29, 0.717) is 22.3 Å². The van der Waals surface area contributed by atoms with Gasteiger partial charge < -0.3 is 15.2 Å². The molecule has 2 heterocycles. The summed E-state index contributed by atoms with van der Waals surface area (Å²) < 4.78 is 13.4. The number of amides is 2. The molecule has 0 spiro atoms. The fraction of sp³-hybridized carbons (Fsp3) is 0.190. The molecular weight excluding hydrogens is 361 g/mol. The second-order valence-corrected chi connectivity index (χ2v) is 6.86. The fourth-order valence-corrected chi connectivity index (χ4v) is 3.63. The molecule has 142 valence electrons. The maximum atomic E-state index is 13.4. The Hall–Kier alpha value is -3.48. The first-order valence-corrected chi connectivity index (χ1v) is 8.92. The van der Waals surface area contributed by atoms with Crippen molar-refractivity contribution in [3.63, 3.8) is 0 Å². The lowest BCUT2D eigenvalue weighted by Gasteiger charge is -2.17. The molecule has 1 aliphatic rings. The molecule has 0 aliphatic carbocycles. The number of aromatic nitrogens is 1. The highest BCUT2D eigenvalue weighted by Gasteiger charge is 2.33. The summed E-state index contributed by atoms with van der Waals surface area (Å²) in [6.07, 6.45) is 0.0579. The average molecular weight is 379 g/mol. The third-order valence-corrected chi connectivity index (χ3v) is 4.91. The molecule has 0 unspecified atom stereocenters. The van der Waals surface area contributed by atoms with Crippen molar-refractivity contribution in [2.24, 2.45) is 0 Å². The zero-order valence-corrected chi connectivity index (χ0v) is 15.2. The smallest absolute Gasteiger partial charge is 0.292 e. The van der Waals surface area contributed by atoms with E-state index < -0.39 is 23.5 Å². The summed E-state index contributed by atoms with van der Waals surface area (Å²) in [7, 11) is 0. The van der Waals surface area contributed by atoms with Gasteiger partial charge in [-0.1, -0.05) is 24.3 Å². The first-order chi connectivity index (χ1) is 13.4. The minimum atomic E-state index is -0.758. The van der Waals surface area contributed by atoms with Crippen LogP contribution in [0.25, 0.3) is 10.9 Å². The van der Waals surface area contributed by atoms with E-state index >= 15 is 0 Å². The zero-order chi connectivity index (χ0) is 19.8. The number of fused-ring (bicyclic) bond motifs is 1. The number of halogens is 1. The van der Waals surface area contributed by atoms with Crippen molar-refractivity contribution in [1.82, 2.24) is 10.3 Å². The molecule has 28 heavy (non-hydrogen) atoms. The average Bonchev–Trinajstić information content (AvgIpc) is 3.19. The summed E-state index contributed by atoms with van der Waals surface area (Å²) in [6.45, 7) is 1.93. The third kappa shape index (κ3) is 3.15. The fourth-order valence-electron chi connectivity index (χ4n) is 3.63. The Balaban J connectivity index is 1.50. The Morgan fingerprint density at radius 3 is 2.75 bits per heavy atom. The normalized spacial score (nSPS) is 16.6. The SMILES string of the molecule is Cc1[nH]c2ccccc2c1C(=O)C(=O)N[C@@H]1CC(=O)N(c2cccc(F)c2)C1. The number of H-pyrrole nitrogens is 1. The van der Waals surface area contributed by atoms with E-state index in [-0.39, 0.29) is 18.9 Å². The van der Waals surface area contributed by atoms with Crippen LogP contribution < -0.4 is 10.2 Å². The number of ketones is 1. The predicted molar refractivity (Wildman–Crippen MR) is 103 cm³/mol. The molecule has 6 nitrogen and oxygen atoms in total. The second-order valence-electron chi connectivity index (χ2n) is 6.86. The van der Waals surface area contributed by atoms with Crippen LogP contribution in [-0.2, 0) is 9.59 Å². The highest BCUT2D eigenvalue weighted by atomic mass is 19.1. The minimum Gasteiger partial charge on any atom is -0.358 e. The molecule has 1 aromatic heterocycles. The third-order valence-electron chi connectivity index (χ3n) is 4.91. The van der Waals surface area contributed by atoms with Gasteiger partial charge in [-0.25, -0.2) is 4.39 Å². The lowest BCUT2D eigenvalue weighted by Crippen LogP contribution is -2.41. The molecule has 1 atom stereocenters. The van der Waals surface area contributed by atoms with Crippen molar-refractivity contribution in [3.05, 3.63) is 65.6 Å². The Morgan fingerprint density at radius 2 is 1.96 bits per heavy atom. The molecule has 4 rings (SSSR count). The molecular formula is C21H18FN3O3. The van der Waals surface area contributed by atoms with Gasteiger partial charge in [0.25, 0.3) is 11.7 Å². The Bertz CT molecular complexity index is 1110. The van der Waals surface area contributed by atoms with Crippen molar-refractivity contribution in [2.45, 2.75) is 19.4 Å². The van der Waals surface area contributed by atoms with E-state index in [0.717, 1.165) is 5.52 Å². The maximum Gasteiger partial charge on any atom is 0.292 e. The van der Waals surface area contributed by atoms with E-state index in [4.69, 9.17) is 0 Å². The predicted octanol–water partition coefficient (Wildman–Crippen LogP) is 2.72. The highest BCUT2D eigenvalue weighted by molar-refractivity contribution is 6.45. The number of nitrogens with one attached hydrogen (secondary N) is 2. The number of aryl methyl sites for hydroxylation is 1. The van der Waals surface area contributed by atoms with E-state index in [1.165, 1.54) is 23.1 Å². The molecule has 0 radical (unpaired) electrons. The van der Waals surface area contributed by atoms with Crippen LogP contribution in [0.3, 0.4) is 0 Å². The quantitative estimate of drug-likeness (QED) is 0.540. The van der Waals surface area contributed by atoms with Crippen LogP contribution in [0.2, 0.25) is 0 Å². The summed E-state index contributed by atoms with van der Waals surface area (Å²) >= 11 is 0. The number of anilines is 1. The van der Waals surface area contributed by atoms with Crippen LogP contribution in [-0.4, -0.2) is 35.2 Å². The number of hydrogen-bond donors (Lipinski definition) is 2. The van der Waals surface area contributed by atoms with Gasteiger partial charge in [0.15, 0.2) is 0 Å².